The molecule has 1 saturated heterocycles. The summed E-state index contributed by atoms with van der Waals surface area (Å²) in [7, 11) is -1.41. The van der Waals surface area contributed by atoms with E-state index in [1.807, 2.05) is 17.8 Å². The number of aromatic nitrogens is 2. The molecular weight excluding hydrogens is 374 g/mol. The van der Waals surface area contributed by atoms with Gasteiger partial charge in [-0.05, 0) is 31.2 Å². The monoisotopic (exact) mass is 395 g/mol. The van der Waals surface area contributed by atoms with Gasteiger partial charge >= 0.3 is 0 Å². The largest absolute Gasteiger partial charge is 0.369 e. The third-order valence-electron chi connectivity index (χ3n) is 5.25. The zero-order chi connectivity index (χ0) is 18.5. The van der Waals surface area contributed by atoms with Gasteiger partial charge < -0.3 is 14.6 Å². The maximum atomic E-state index is 13.0. The minimum atomic E-state index is -3.29. The van der Waals surface area contributed by atoms with Gasteiger partial charge in [-0.25, -0.2) is 13.4 Å². The highest BCUT2D eigenvalue weighted by molar-refractivity contribution is 7.94. The van der Waals surface area contributed by atoms with Gasteiger partial charge in [0.15, 0.2) is 9.84 Å². The number of rotatable bonds is 3. The molecule has 0 bridgehead atoms. The molecule has 0 saturated carbocycles. The summed E-state index contributed by atoms with van der Waals surface area (Å²) in [6.07, 6.45) is 4.16. The molecule has 0 spiro atoms. The molecule has 4 rings (SSSR count). The van der Waals surface area contributed by atoms with E-state index in [-0.39, 0.29) is 24.0 Å². The molecule has 140 valence electrons. The summed E-state index contributed by atoms with van der Waals surface area (Å²) in [5, 5.41) is 4.33. The third-order valence-corrected chi connectivity index (χ3v) is 8.96. The first-order valence-corrected chi connectivity index (χ1v) is 11.0. The Bertz CT molecular complexity index is 933. The molecule has 4 heterocycles. The highest BCUT2D eigenvalue weighted by Crippen LogP contribution is 2.40. The van der Waals surface area contributed by atoms with E-state index in [1.54, 1.807) is 24.6 Å². The molecule has 1 amide bonds. The third kappa shape index (κ3) is 2.78. The Morgan fingerprint density at radius 3 is 3.00 bits per heavy atom. The van der Waals surface area contributed by atoms with E-state index < -0.39 is 15.1 Å². The lowest BCUT2D eigenvalue weighted by molar-refractivity contribution is -0.127. The van der Waals surface area contributed by atoms with Crippen molar-refractivity contribution >= 4 is 27.1 Å². The average molecular weight is 396 g/mol. The van der Waals surface area contributed by atoms with Crippen molar-refractivity contribution in [1.82, 2.24) is 14.9 Å². The Labute approximate surface area is 156 Å². The smallest absolute Gasteiger partial charge is 0.226 e. The van der Waals surface area contributed by atoms with Gasteiger partial charge in [-0.15, -0.1) is 11.3 Å². The Kier molecular flexibility index (Phi) is 4.40. The van der Waals surface area contributed by atoms with Gasteiger partial charge in [0.2, 0.25) is 5.91 Å². The fourth-order valence-electron chi connectivity index (χ4n) is 3.74. The number of carbonyl (C=O) groups excluding carboxylic acids is 1. The number of nitrogens with zero attached hydrogens (tertiary/aromatic N) is 2. The van der Waals surface area contributed by atoms with Crippen molar-refractivity contribution in [2.45, 2.75) is 41.4 Å². The van der Waals surface area contributed by atoms with Crippen LogP contribution in [0, 0.1) is 5.92 Å². The number of aryl methyl sites for hydroxylation is 1. The van der Waals surface area contributed by atoms with E-state index in [0.717, 1.165) is 5.82 Å². The molecule has 2 aromatic rings. The Hall–Kier alpha value is -1.71. The summed E-state index contributed by atoms with van der Waals surface area (Å²) < 4.78 is 32.9. The van der Waals surface area contributed by atoms with Crippen LogP contribution in [0.3, 0.4) is 0 Å². The zero-order valence-corrected chi connectivity index (χ0v) is 16.2. The van der Waals surface area contributed by atoms with E-state index >= 15 is 0 Å². The molecule has 7 nitrogen and oxygen atoms in total. The molecule has 4 atom stereocenters. The molecule has 1 N–H and O–H groups in total. The van der Waals surface area contributed by atoms with E-state index in [1.165, 1.54) is 11.3 Å². The number of ether oxygens (including phenoxy) is 1. The van der Waals surface area contributed by atoms with Crippen molar-refractivity contribution in [2.24, 2.45) is 13.0 Å². The van der Waals surface area contributed by atoms with Crippen molar-refractivity contribution in [1.29, 1.82) is 0 Å². The minimum absolute atomic E-state index is 0.107. The minimum Gasteiger partial charge on any atom is -0.369 e. The van der Waals surface area contributed by atoms with E-state index in [2.05, 4.69) is 10.3 Å². The van der Waals surface area contributed by atoms with Crippen molar-refractivity contribution in [3.8, 4) is 0 Å². The van der Waals surface area contributed by atoms with Gasteiger partial charge in [0.25, 0.3) is 0 Å². The lowest BCUT2D eigenvalue weighted by atomic mass is 9.97. The average Bonchev–Trinajstić information content (AvgIpc) is 3.32. The molecule has 0 aliphatic carbocycles. The van der Waals surface area contributed by atoms with Gasteiger partial charge in [0.1, 0.15) is 16.1 Å². The van der Waals surface area contributed by atoms with Crippen LogP contribution in [0.2, 0.25) is 0 Å². The SMILES string of the molecule is C[C@H]1C[C@H](NC(=O)[C@@H]2CCO[C@H]2c2nccn2C)c2ccsc2S1(=O)=O. The van der Waals surface area contributed by atoms with E-state index in [9.17, 15) is 13.2 Å². The van der Waals surface area contributed by atoms with Crippen LogP contribution in [0.25, 0.3) is 0 Å². The molecule has 1 fully saturated rings. The van der Waals surface area contributed by atoms with Gasteiger partial charge in [-0.1, -0.05) is 0 Å². The molecule has 26 heavy (non-hydrogen) atoms. The first-order valence-electron chi connectivity index (χ1n) is 8.60. The molecule has 0 radical (unpaired) electrons. The number of amides is 1. The fraction of sp³-hybridized carbons (Fsp3) is 0.529. The number of fused-ring (bicyclic) bond motifs is 1. The first kappa shape index (κ1) is 17.7. The highest BCUT2D eigenvalue weighted by Gasteiger charge is 2.41. The quantitative estimate of drug-likeness (QED) is 0.858. The molecule has 9 heteroatoms. The van der Waals surface area contributed by atoms with E-state index in [4.69, 9.17) is 4.74 Å². The first-order chi connectivity index (χ1) is 12.4. The molecular formula is C17H21N3O4S2. The van der Waals surface area contributed by atoms with Gasteiger partial charge in [0, 0.05) is 31.6 Å². The highest BCUT2D eigenvalue weighted by atomic mass is 32.2. The zero-order valence-electron chi connectivity index (χ0n) is 14.6. The van der Waals surface area contributed by atoms with Crippen molar-refractivity contribution in [3.05, 3.63) is 35.2 Å². The predicted octanol–water partition coefficient (Wildman–Crippen LogP) is 1.98. The van der Waals surface area contributed by atoms with Crippen molar-refractivity contribution in [3.63, 3.8) is 0 Å². The summed E-state index contributed by atoms with van der Waals surface area (Å²) in [6, 6.07) is 1.51. The summed E-state index contributed by atoms with van der Waals surface area (Å²) in [5.74, 6) is 0.301. The molecule has 2 aliphatic heterocycles. The summed E-state index contributed by atoms with van der Waals surface area (Å²) in [5.41, 5.74) is 0.703. The maximum Gasteiger partial charge on any atom is 0.226 e. The Balaban J connectivity index is 1.56. The van der Waals surface area contributed by atoms with E-state index in [0.29, 0.717) is 29.2 Å². The fourth-order valence-corrected chi connectivity index (χ4v) is 6.97. The second-order valence-corrected chi connectivity index (χ2v) is 10.4. The predicted molar refractivity (Wildman–Crippen MR) is 96.5 cm³/mol. The lowest BCUT2D eigenvalue weighted by Gasteiger charge is -2.29. The Morgan fingerprint density at radius 1 is 1.46 bits per heavy atom. The Morgan fingerprint density at radius 2 is 2.27 bits per heavy atom. The number of nitrogens with one attached hydrogen (secondary N) is 1. The second kappa shape index (κ2) is 6.47. The maximum absolute atomic E-state index is 13.0. The molecule has 0 aromatic carbocycles. The second-order valence-electron chi connectivity index (χ2n) is 6.90. The van der Waals surface area contributed by atoms with Gasteiger partial charge in [0.05, 0.1) is 17.2 Å². The normalized spacial score (nSPS) is 30.1. The van der Waals surface area contributed by atoms with Crippen LogP contribution < -0.4 is 5.32 Å². The van der Waals surface area contributed by atoms with Crippen LogP contribution in [-0.4, -0.2) is 35.7 Å². The van der Waals surface area contributed by atoms with Crippen LogP contribution >= 0.6 is 11.3 Å². The van der Waals surface area contributed by atoms with Crippen LogP contribution in [0.4, 0.5) is 0 Å². The van der Waals surface area contributed by atoms with Gasteiger partial charge in [-0.3, -0.25) is 4.79 Å². The number of carbonyl (C=O) groups is 1. The lowest BCUT2D eigenvalue weighted by Crippen LogP contribution is -2.40. The topological polar surface area (TPSA) is 90.3 Å². The van der Waals surface area contributed by atoms with Crippen LogP contribution in [0.1, 0.15) is 43.3 Å². The van der Waals surface area contributed by atoms with Crippen LogP contribution in [0.15, 0.2) is 28.0 Å². The molecule has 2 aliphatic rings. The number of thiophene rings is 1. The van der Waals surface area contributed by atoms with Crippen molar-refractivity contribution in [2.75, 3.05) is 6.61 Å². The van der Waals surface area contributed by atoms with Crippen molar-refractivity contribution < 1.29 is 17.9 Å². The summed E-state index contributed by atoms with van der Waals surface area (Å²) in [4.78, 5) is 17.3. The standard InChI is InChI=1S/C17H21N3O4S2/c1-10-9-13(11-4-8-25-17(11)26(10,22)23)19-16(21)12-3-7-24-14(12)15-18-5-6-20(15)2/h4-6,8,10,12-14H,3,7,9H2,1-2H3,(H,19,21)/t10-,12+,13-,14+/m0/s1. The number of hydrogen-bond donors (Lipinski definition) is 1. The molecule has 2 aromatic heterocycles. The number of imidazole rings is 1. The molecule has 0 unspecified atom stereocenters. The van der Waals surface area contributed by atoms with Crippen LogP contribution in [-0.2, 0) is 26.4 Å². The summed E-state index contributed by atoms with van der Waals surface area (Å²) >= 11 is 1.22. The summed E-state index contributed by atoms with van der Waals surface area (Å²) in [6.45, 7) is 2.21. The number of sulfone groups is 1. The number of hydrogen-bond acceptors (Lipinski definition) is 6. The van der Waals surface area contributed by atoms with Gasteiger partial charge in [-0.2, -0.15) is 0 Å². The van der Waals surface area contributed by atoms with Crippen LogP contribution in [0.5, 0.6) is 0 Å².